The third kappa shape index (κ3) is 1.86. The first kappa shape index (κ1) is 10.5. The number of fused-ring (bicyclic) bond motifs is 1. The Hall–Kier alpha value is -1.03. The molecule has 0 aromatic heterocycles. The predicted octanol–water partition coefficient (Wildman–Crippen LogP) is 2.52. The number of halogens is 3. The summed E-state index contributed by atoms with van der Waals surface area (Å²) in [5.41, 5.74) is 5.90. The monoisotopic (exact) mass is 215 g/mol. The summed E-state index contributed by atoms with van der Waals surface area (Å²) in [5, 5.41) is 0. The van der Waals surface area contributed by atoms with E-state index in [1.807, 2.05) is 0 Å². The van der Waals surface area contributed by atoms with Crippen molar-refractivity contribution in [1.82, 2.24) is 0 Å². The second kappa shape index (κ2) is 2.98. The van der Waals surface area contributed by atoms with Gasteiger partial charge in [-0.3, -0.25) is 0 Å². The van der Waals surface area contributed by atoms with Crippen LogP contribution in [0.5, 0.6) is 0 Å². The van der Waals surface area contributed by atoms with Gasteiger partial charge in [0, 0.05) is 5.54 Å². The molecule has 0 aliphatic heterocycles. The summed E-state index contributed by atoms with van der Waals surface area (Å²) in [7, 11) is 0. The molecular formula is C11H12F3N. The van der Waals surface area contributed by atoms with E-state index in [0.29, 0.717) is 18.4 Å². The van der Waals surface area contributed by atoms with Crippen molar-refractivity contribution in [3.05, 3.63) is 34.9 Å². The van der Waals surface area contributed by atoms with E-state index in [1.54, 1.807) is 13.0 Å². The summed E-state index contributed by atoms with van der Waals surface area (Å²) in [6, 6.07) is 4.30. The molecule has 1 unspecified atom stereocenters. The molecule has 2 N–H and O–H groups in total. The van der Waals surface area contributed by atoms with Crippen LogP contribution in [0.4, 0.5) is 13.2 Å². The zero-order valence-electron chi connectivity index (χ0n) is 8.36. The molecule has 0 saturated heterocycles. The molecule has 1 aliphatic rings. The summed E-state index contributed by atoms with van der Waals surface area (Å²) >= 11 is 0. The number of hydrogen-bond donors (Lipinski definition) is 1. The van der Waals surface area contributed by atoms with Crippen LogP contribution in [0.1, 0.15) is 23.6 Å². The van der Waals surface area contributed by atoms with Gasteiger partial charge in [-0.1, -0.05) is 12.1 Å². The highest BCUT2D eigenvalue weighted by Crippen LogP contribution is 2.38. The Kier molecular flexibility index (Phi) is 2.08. The van der Waals surface area contributed by atoms with Crippen LogP contribution in [-0.4, -0.2) is 5.54 Å². The molecule has 0 bridgehead atoms. The third-order valence-corrected chi connectivity index (χ3v) is 2.75. The van der Waals surface area contributed by atoms with Crippen molar-refractivity contribution in [2.24, 2.45) is 5.73 Å². The number of rotatable bonds is 0. The van der Waals surface area contributed by atoms with Crippen LogP contribution in [-0.2, 0) is 19.0 Å². The van der Waals surface area contributed by atoms with E-state index in [-0.39, 0.29) is 0 Å². The van der Waals surface area contributed by atoms with Gasteiger partial charge < -0.3 is 5.73 Å². The van der Waals surface area contributed by atoms with Gasteiger partial charge in [0.1, 0.15) is 0 Å². The Bertz CT molecular complexity index is 393. The van der Waals surface area contributed by atoms with Crippen molar-refractivity contribution in [2.75, 3.05) is 0 Å². The maximum absolute atomic E-state index is 12.7. The average Bonchev–Trinajstić information content (AvgIpc) is 2.35. The summed E-state index contributed by atoms with van der Waals surface area (Å²) in [6.45, 7) is 1.78. The molecule has 0 saturated carbocycles. The summed E-state index contributed by atoms with van der Waals surface area (Å²) in [4.78, 5) is 0. The zero-order chi connectivity index (χ0) is 11.3. The highest BCUT2D eigenvalue weighted by atomic mass is 19.4. The molecule has 82 valence electrons. The summed E-state index contributed by atoms with van der Waals surface area (Å²) in [5.74, 6) is 0. The highest BCUT2D eigenvalue weighted by molar-refractivity contribution is 5.43. The Morgan fingerprint density at radius 1 is 1.27 bits per heavy atom. The molecule has 0 heterocycles. The summed E-state index contributed by atoms with van der Waals surface area (Å²) < 4.78 is 38.0. The molecule has 0 radical (unpaired) electrons. The topological polar surface area (TPSA) is 26.0 Å². The fourth-order valence-corrected chi connectivity index (χ4v) is 2.18. The molecule has 0 amide bonds. The van der Waals surface area contributed by atoms with Crippen molar-refractivity contribution in [3.63, 3.8) is 0 Å². The van der Waals surface area contributed by atoms with Crippen molar-refractivity contribution < 1.29 is 13.2 Å². The molecule has 1 aromatic carbocycles. The fraction of sp³-hybridized carbons (Fsp3) is 0.455. The van der Waals surface area contributed by atoms with E-state index in [2.05, 4.69) is 0 Å². The van der Waals surface area contributed by atoms with Gasteiger partial charge in [-0.05, 0) is 37.0 Å². The standard InChI is InChI=1S/C11H12F3N/c1-10(15)5-7-3-2-4-9(8(7)6-10)11(12,13)14/h2-4H,5-6,15H2,1H3. The molecule has 1 aliphatic carbocycles. The smallest absolute Gasteiger partial charge is 0.325 e. The van der Waals surface area contributed by atoms with Gasteiger partial charge in [0.15, 0.2) is 0 Å². The number of hydrogen-bond acceptors (Lipinski definition) is 1. The highest BCUT2D eigenvalue weighted by Gasteiger charge is 2.39. The molecule has 1 atom stereocenters. The van der Waals surface area contributed by atoms with Crippen LogP contribution in [0, 0.1) is 0 Å². The molecule has 1 nitrogen and oxygen atoms in total. The van der Waals surface area contributed by atoms with E-state index in [9.17, 15) is 13.2 Å². The van der Waals surface area contributed by atoms with Gasteiger partial charge in [-0.25, -0.2) is 0 Å². The van der Waals surface area contributed by atoms with Crippen LogP contribution in [0.15, 0.2) is 18.2 Å². The number of alkyl halides is 3. The van der Waals surface area contributed by atoms with Crippen molar-refractivity contribution in [1.29, 1.82) is 0 Å². The van der Waals surface area contributed by atoms with Crippen molar-refractivity contribution in [3.8, 4) is 0 Å². The lowest BCUT2D eigenvalue weighted by molar-refractivity contribution is -0.138. The first-order chi connectivity index (χ1) is 6.80. The van der Waals surface area contributed by atoms with Crippen LogP contribution < -0.4 is 5.73 Å². The van der Waals surface area contributed by atoms with Crippen molar-refractivity contribution >= 4 is 0 Å². The first-order valence-corrected chi connectivity index (χ1v) is 4.76. The van der Waals surface area contributed by atoms with Gasteiger partial charge in [-0.2, -0.15) is 13.2 Å². The molecule has 0 spiro atoms. The van der Waals surface area contributed by atoms with Crippen LogP contribution >= 0.6 is 0 Å². The minimum atomic E-state index is -4.27. The lowest BCUT2D eigenvalue weighted by Crippen LogP contribution is -2.36. The van der Waals surface area contributed by atoms with E-state index in [0.717, 1.165) is 11.6 Å². The molecule has 1 aromatic rings. The van der Waals surface area contributed by atoms with Crippen LogP contribution in [0.3, 0.4) is 0 Å². The lowest BCUT2D eigenvalue weighted by Gasteiger charge is -2.16. The second-order valence-corrected chi connectivity index (χ2v) is 4.45. The Morgan fingerprint density at radius 2 is 1.93 bits per heavy atom. The zero-order valence-corrected chi connectivity index (χ0v) is 8.36. The largest absolute Gasteiger partial charge is 0.416 e. The van der Waals surface area contributed by atoms with Gasteiger partial charge in [-0.15, -0.1) is 0 Å². The van der Waals surface area contributed by atoms with Gasteiger partial charge in [0.05, 0.1) is 5.56 Å². The Balaban J connectivity index is 2.51. The molecule has 4 heteroatoms. The molecule has 0 fully saturated rings. The van der Waals surface area contributed by atoms with E-state index in [1.165, 1.54) is 6.07 Å². The average molecular weight is 215 g/mol. The van der Waals surface area contributed by atoms with Crippen molar-refractivity contribution in [2.45, 2.75) is 31.5 Å². The van der Waals surface area contributed by atoms with E-state index >= 15 is 0 Å². The van der Waals surface area contributed by atoms with Gasteiger partial charge in [0.2, 0.25) is 0 Å². The van der Waals surface area contributed by atoms with E-state index in [4.69, 9.17) is 5.73 Å². The number of benzene rings is 1. The second-order valence-electron chi connectivity index (χ2n) is 4.45. The predicted molar refractivity (Wildman–Crippen MR) is 51.4 cm³/mol. The number of nitrogens with two attached hydrogens (primary N) is 1. The minimum absolute atomic E-state index is 0.304. The minimum Gasteiger partial charge on any atom is -0.325 e. The molecule has 2 rings (SSSR count). The molecular weight excluding hydrogens is 203 g/mol. The SMILES string of the molecule is CC1(N)Cc2cccc(C(F)(F)F)c2C1. The Labute approximate surface area is 86.1 Å². The van der Waals surface area contributed by atoms with Crippen LogP contribution in [0.2, 0.25) is 0 Å². The van der Waals surface area contributed by atoms with Crippen LogP contribution in [0.25, 0.3) is 0 Å². The fourth-order valence-electron chi connectivity index (χ4n) is 2.18. The maximum atomic E-state index is 12.7. The first-order valence-electron chi connectivity index (χ1n) is 4.76. The van der Waals surface area contributed by atoms with Gasteiger partial charge >= 0.3 is 6.18 Å². The van der Waals surface area contributed by atoms with E-state index < -0.39 is 17.3 Å². The molecule has 15 heavy (non-hydrogen) atoms. The van der Waals surface area contributed by atoms with Gasteiger partial charge in [0.25, 0.3) is 0 Å². The summed E-state index contributed by atoms with van der Waals surface area (Å²) in [6.07, 6.45) is -3.45. The maximum Gasteiger partial charge on any atom is 0.416 e. The third-order valence-electron chi connectivity index (χ3n) is 2.75. The lowest BCUT2D eigenvalue weighted by atomic mass is 9.99. The Morgan fingerprint density at radius 3 is 2.53 bits per heavy atom. The normalized spacial score (nSPS) is 25.4. The quantitative estimate of drug-likeness (QED) is 0.707.